The fourth-order valence-electron chi connectivity index (χ4n) is 2.96. The van der Waals surface area contributed by atoms with E-state index in [1.165, 1.54) is 0 Å². The lowest BCUT2D eigenvalue weighted by Crippen LogP contribution is -2.43. The van der Waals surface area contributed by atoms with Gasteiger partial charge in [0.25, 0.3) is 0 Å². The summed E-state index contributed by atoms with van der Waals surface area (Å²) in [5.74, 6) is -0.0513. The van der Waals surface area contributed by atoms with Crippen LogP contribution < -0.4 is 0 Å². The van der Waals surface area contributed by atoms with Crippen molar-refractivity contribution in [3.63, 3.8) is 0 Å². The van der Waals surface area contributed by atoms with Crippen molar-refractivity contribution in [2.75, 3.05) is 6.54 Å². The van der Waals surface area contributed by atoms with Crippen LogP contribution in [-0.2, 0) is 4.74 Å². The molecule has 1 saturated heterocycles. The molecule has 1 aliphatic rings. The van der Waals surface area contributed by atoms with Gasteiger partial charge in [-0.3, -0.25) is 9.69 Å². The van der Waals surface area contributed by atoms with Crippen molar-refractivity contribution in [2.24, 2.45) is 0 Å². The first-order chi connectivity index (χ1) is 10.8. The van der Waals surface area contributed by atoms with E-state index >= 15 is 0 Å². The molecule has 5 nitrogen and oxygen atoms in total. The van der Waals surface area contributed by atoms with Crippen LogP contribution in [0.25, 0.3) is 10.9 Å². The number of rotatable bonds is 2. The molecule has 1 aromatic heterocycles. The molecular formula is C18H22N2O3. The smallest absolute Gasteiger partial charge is 0.410 e. The minimum absolute atomic E-state index is 0.0513. The number of nitrogens with zero attached hydrogens (tertiary/aromatic N) is 1. The highest BCUT2D eigenvalue weighted by molar-refractivity contribution is 6.03. The lowest BCUT2D eigenvalue weighted by atomic mass is 10.1. The largest absolute Gasteiger partial charge is 0.444 e. The first kappa shape index (κ1) is 15.6. The van der Waals surface area contributed by atoms with Crippen LogP contribution in [0.3, 0.4) is 0 Å². The second-order valence-corrected chi connectivity index (χ2v) is 6.97. The topological polar surface area (TPSA) is 62.4 Å². The number of benzene rings is 1. The lowest BCUT2D eigenvalue weighted by Gasteiger charge is -2.27. The third kappa shape index (κ3) is 3.23. The van der Waals surface area contributed by atoms with Crippen LogP contribution in [-0.4, -0.2) is 39.9 Å². The van der Waals surface area contributed by atoms with Gasteiger partial charge in [-0.15, -0.1) is 0 Å². The molecule has 1 fully saturated rings. The summed E-state index contributed by atoms with van der Waals surface area (Å²) in [6.45, 7) is 6.05. The molecule has 3 rings (SSSR count). The van der Waals surface area contributed by atoms with Crippen LogP contribution in [0.15, 0.2) is 30.3 Å². The van der Waals surface area contributed by atoms with Crippen molar-refractivity contribution in [1.29, 1.82) is 0 Å². The molecule has 1 aliphatic heterocycles. The second kappa shape index (κ2) is 5.72. The van der Waals surface area contributed by atoms with Crippen molar-refractivity contribution < 1.29 is 14.3 Å². The molecule has 0 saturated carbocycles. The Morgan fingerprint density at radius 1 is 1.26 bits per heavy atom. The van der Waals surface area contributed by atoms with Gasteiger partial charge in [-0.25, -0.2) is 4.79 Å². The third-order valence-corrected chi connectivity index (χ3v) is 3.98. The van der Waals surface area contributed by atoms with Crippen LogP contribution in [0.1, 0.15) is 44.1 Å². The summed E-state index contributed by atoms with van der Waals surface area (Å²) < 4.78 is 5.42. The average molecular weight is 314 g/mol. The van der Waals surface area contributed by atoms with Gasteiger partial charge in [-0.2, -0.15) is 0 Å². The standard InChI is InChI=1S/C18H22N2O3/c1-18(2,3)23-17(22)20-10-6-9-15(20)16(21)14-11-12-7-4-5-8-13(12)19-14/h4-5,7-8,11,15,19H,6,9-10H2,1-3H3/t15-/m1/s1. The van der Waals surface area contributed by atoms with E-state index in [0.717, 1.165) is 17.3 Å². The number of likely N-dealkylation sites (tertiary alicyclic amines) is 1. The van der Waals surface area contributed by atoms with Gasteiger partial charge in [-0.05, 0) is 45.7 Å². The van der Waals surface area contributed by atoms with E-state index in [4.69, 9.17) is 4.74 Å². The zero-order chi connectivity index (χ0) is 16.6. The third-order valence-electron chi connectivity index (χ3n) is 3.98. The number of hydrogen-bond donors (Lipinski definition) is 1. The summed E-state index contributed by atoms with van der Waals surface area (Å²) in [6.07, 6.45) is 1.08. The maximum absolute atomic E-state index is 12.8. The number of Topliss-reactive ketones (excluding diaryl/α,β-unsaturated/α-hetero) is 1. The Bertz CT molecular complexity index is 709. The Kier molecular flexibility index (Phi) is 3.88. The van der Waals surface area contributed by atoms with Gasteiger partial charge in [0.15, 0.2) is 0 Å². The summed E-state index contributed by atoms with van der Waals surface area (Å²) in [4.78, 5) is 29.8. The van der Waals surface area contributed by atoms with Gasteiger partial charge in [0.2, 0.25) is 5.78 Å². The highest BCUT2D eigenvalue weighted by atomic mass is 16.6. The average Bonchev–Trinajstić information content (AvgIpc) is 3.11. The maximum atomic E-state index is 12.8. The highest BCUT2D eigenvalue weighted by Crippen LogP contribution is 2.25. The number of aromatic nitrogens is 1. The molecule has 0 spiro atoms. The van der Waals surface area contributed by atoms with Gasteiger partial charge < -0.3 is 9.72 Å². The van der Waals surface area contributed by atoms with E-state index < -0.39 is 17.7 Å². The number of aromatic amines is 1. The Hall–Kier alpha value is -2.30. The zero-order valence-corrected chi connectivity index (χ0v) is 13.8. The summed E-state index contributed by atoms with van der Waals surface area (Å²) in [6, 6.07) is 9.17. The van der Waals surface area contributed by atoms with E-state index in [2.05, 4.69) is 4.98 Å². The van der Waals surface area contributed by atoms with E-state index in [-0.39, 0.29) is 5.78 Å². The Morgan fingerprint density at radius 3 is 2.70 bits per heavy atom. The molecule has 0 unspecified atom stereocenters. The molecular weight excluding hydrogens is 292 g/mol. The minimum Gasteiger partial charge on any atom is -0.444 e. The monoisotopic (exact) mass is 314 g/mol. The first-order valence-electron chi connectivity index (χ1n) is 7.97. The minimum atomic E-state index is -0.561. The fourth-order valence-corrected chi connectivity index (χ4v) is 2.96. The summed E-state index contributed by atoms with van der Waals surface area (Å²) in [5.41, 5.74) is 0.915. The summed E-state index contributed by atoms with van der Waals surface area (Å²) in [7, 11) is 0. The van der Waals surface area contributed by atoms with Crippen LogP contribution in [0.2, 0.25) is 0 Å². The zero-order valence-electron chi connectivity index (χ0n) is 13.8. The van der Waals surface area contributed by atoms with Crippen LogP contribution in [0.4, 0.5) is 4.79 Å². The summed E-state index contributed by atoms with van der Waals surface area (Å²) >= 11 is 0. The molecule has 1 aromatic carbocycles. The number of nitrogens with one attached hydrogen (secondary N) is 1. The predicted octanol–water partition coefficient (Wildman–Crippen LogP) is 3.75. The number of carbonyl (C=O) groups excluding carboxylic acids is 2. The first-order valence-corrected chi connectivity index (χ1v) is 7.97. The Morgan fingerprint density at radius 2 is 2.00 bits per heavy atom. The quantitative estimate of drug-likeness (QED) is 0.859. The number of H-pyrrole nitrogens is 1. The van der Waals surface area contributed by atoms with Gasteiger partial charge in [0.1, 0.15) is 11.6 Å². The molecule has 23 heavy (non-hydrogen) atoms. The molecule has 1 N–H and O–H groups in total. The SMILES string of the molecule is CC(C)(C)OC(=O)N1CCC[C@@H]1C(=O)c1cc2ccccc2[nH]1. The molecule has 5 heteroatoms. The highest BCUT2D eigenvalue weighted by Gasteiger charge is 2.37. The number of hydrogen-bond acceptors (Lipinski definition) is 3. The molecule has 2 aromatic rings. The molecule has 1 amide bonds. The predicted molar refractivity (Wildman–Crippen MR) is 88.6 cm³/mol. The summed E-state index contributed by atoms with van der Waals surface area (Å²) in [5, 5.41) is 0.998. The van der Waals surface area contributed by atoms with Crippen LogP contribution in [0.5, 0.6) is 0 Å². The van der Waals surface area contributed by atoms with Gasteiger partial charge in [0, 0.05) is 17.4 Å². The number of ether oxygens (including phenoxy) is 1. The van der Waals surface area contributed by atoms with Crippen LogP contribution in [0, 0.1) is 0 Å². The number of fused-ring (bicyclic) bond motifs is 1. The molecule has 0 bridgehead atoms. The van der Waals surface area contributed by atoms with E-state index in [1.807, 2.05) is 51.1 Å². The molecule has 1 atom stereocenters. The van der Waals surface area contributed by atoms with Crippen molar-refractivity contribution >= 4 is 22.8 Å². The van der Waals surface area contributed by atoms with E-state index in [9.17, 15) is 9.59 Å². The molecule has 0 aliphatic carbocycles. The molecule has 122 valence electrons. The number of carbonyl (C=O) groups is 2. The van der Waals surface area contributed by atoms with Crippen LogP contribution >= 0.6 is 0 Å². The van der Waals surface area contributed by atoms with Gasteiger partial charge in [0.05, 0.1) is 5.69 Å². The van der Waals surface area contributed by atoms with Gasteiger partial charge >= 0.3 is 6.09 Å². The second-order valence-electron chi connectivity index (χ2n) is 6.97. The lowest BCUT2D eigenvalue weighted by molar-refractivity contribution is 0.0222. The molecule has 2 heterocycles. The Labute approximate surface area is 135 Å². The van der Waals surface area contributed by atoms with Crippen molar-refractivity contribution in [3.05, 3.63) is 36.0 Å². The number of ketones is 1. The van der Waals surface area contributed by atoms with Crippen molar-refractivity contribution in [3.8, 4) is 0 Å². The van der Waals surface area contributed by atoms with Gasteiger partial charge in [-0.1, -0.05) is 18.2 Å². The Balaban J connectivity index is 1.81. The van der Waals surface area contributed by atoms with E-state index in [1.54, 1.807) is 4.90 Å². The van der Waals surface area contributed by atoms with Crippen molar-refractivity contribution in [2.45, 2.75) is 45.3 Å². The van der Waals surface area contributed by atoms with Crippen molar-refractivity contribution in [1.82, 2.24) is 9.88 Å². The molecule has 0 radical (unpaired) electrons. The maximum Gasteiger partial charge on any atom is 0.410 e. The number of para-hydroxylation sites is 1. The number of amides is 1. The fraction of sp³-hybridized carbons (Fsp3) is 0.444. The normalized spacial score (nSPS) is 18.4. The van der Waals surface area contributed by atoms with E-state index in [0.29, 0.717) is 18.7 Å².